The standard InChI is InChI=1S/C20H14ClNO3S/c21-13-7-5-11(6-8-13)18-17(20(24)25)16(10-26-18)22-19(23)15-9-12-3-1-2-4-14(12)15/h1-8,10,15H,9H2,(H,22,23)(H,24,25). The van der Waals surface area contributed by atoms with Crippen molar-refractivity contribution < 1.29 is 14.7 Å². The fourth-order valence-corrected chi connectivity index (χ4v) is 4.31. The Morgan fingerprint density at radius 3 is 2.54 bits per heavy atom. The summed E-state index contributed by atoms with van der Waals surface area (Å²) in [7, 11) is 0. The number of carboxylic acid groups (broad SMARTS) is 1. The summed E-state index contributed by atoms with van der Waals surface area (Å²) in [6, 6.07) is 14.8. The highest BCUT2D eigenvalue weighted by atomic mass is 35.5. The molecule has 1 aromatic heterocycles. The van der Waals surface area contributed by atoms with E-state index in [9.17, 15) is 14.7 Å². The van der Waals surface area contributed by atoms with Gasteiger partial charge in [0.15, 0.2) is 0 Å². The molecule has 0 radical (unpaired) electrons. The van der Waals surface area contributed by atoms with Crippen molar-refractivity contribution in [1.29, 1.82) is 0 Å². The van der Waals surface area contributed by atoms with Gasteiger partial charge in [-0.2, -0.15) is 0 Å². The number of carbonyl (C=O) groups excluding carboxylic acids is 1. The number of halogens is 1. The smallest absolute Gasteiger partial charge is 0.339 e. The average molecular weight is 384 g/mol. The van der Waals surface area contributed by atoms with Gasteiger partial charge < -0.3 is 10.4 Å². The first-order chi connectivity index (χ1) is 12.5. The van der Waals surface area contributed by atoms with Crippen molar-refractivity contribution in [2.24, 2.45) is 0 Å². The minimum Gasteiger partial charge on any atom is -0.478 e. The second-order valence-electron chi connectivity index (χ2n) is 6.11. The molecule has 0 aliphatic heterocycles. The van der Waals surface area contributed by atoms with Crippen LogP contribution in [0.15, 0.2) is 53.9 Å². The summed E-state index contributed by atoms with van der Waals surface area (Å²) in [5, 5.41) is 14.7. The number of benzene rings is 2. The molecule has 4 nitrogen and oxygen atoms in total. The second kappa shape index (κ2) is 6.59. The maximum Gasteiger partial charge on any atom is 0.339 e. The van der Waals surface area contributed by atoms with Gasteiger partial charge in [-0.25, -0.2) is 4.79 Å². The van der Waals surface area contributed by atoms with E-state index in [0.29, 0.717) is 22.0 Å². The third-order valence-electron chi connectivity index (χ3n) is 4.54. The third kappa shape index (κ3) is 2.89. The molecular weight excluding hydrogens is 370 g/mol. The number of thiophene rings is 1. The molecule has 4 rings (SSSR count). The molecule has 2 aromatic carbocycles. The number of carbonyl (C=O) groups is 2. The fraction of sp³-hybridized carbons (Fsp3) is 0.100. The highest BCUT2D eigenvalue weighted by molar-refractivity contribution is 7.14. The normalized spacial score (nSPS) is 15.0. The summed E-state index contributed by atoms with van der Waals surface area (Å²) in [6.45, 7) is 0. The van der Waals surface area contributed by atoms with Crippen molar-refractivity contribution in [3.8, 4) is 10.4 Å². The lowest BCUT2D eigenvalue weighted by atomic mass is 9.77. The van der Waals surface area contributed by atoms with Crippen LogP contribution in [-0.2, 0) is 11.2 Å². The van der Waals surface area contributed by atoms with Crippen LogP contribution in [0.1, 0.15) is 27.4 Å². The van der Waals surface area contributed by atoms with Gasteiger partial charge in [-0.1, -0.05) is 48.0 Å². The third-order valence-corrected chi connectivity index (χ3v) is 5.82. The van der Waals surface area contributed by atoms with E-state index in [1.165, 1.54) is 16.9 Å². The van der Waals surface area contributed by atoms with Gasteiger partial charge in [0.25, 0.3) is 0 Å². The largest absolute Gasteiger partial charge is 0.478 e. The lowest BCUT2D eigenvalue weighted by molar-refractivity contribution is -0.118. The topological polar surface area (TPSA) is 66.4 Å². The monoisotopic (exact) mass is 383 g/mol. The zero-order valence-corrected chi connectivity index (χ0v) is 15.1. The lowest BCUT2D eigenvalue weighted by Gasteiger charge is -2.28. The number of nitrogens with one attached hydrogen (secondary N) is 1. The second-order valence-corrected chi connectivity index (χ2v) is 7.43. The van der Waals surface area contributed by atoms with E-state index in [1.54, 1.807) is 29.6 Å². The van der Waals surface area contributed by atoms with E-state index in [4.69, 9.17) is 11.6 Å². The van der Waals surface area contributed by atoms with Gasteiger partial charge in [0.2, 0.25) is 5.91 Å². The van der Waals surface area contributed by atoms with Gasteiger partial charge in [-0.05, 0) is 35.2 Å². The number of hydrogen-bond donors (Lipinski definition) is 2. The van der Waals surface area contributed by atoms with Crippen LogP contribution in [0.4, 0.5) is 5.69 Å². The molecule has 0 fully saturated rings. The number of anilines is 1. The number of rotatable bonds is 4. The molecule has 1 unspecified atom stereocenters. The molecule has 130 valence electrons. The Bertz CT molecular complexity index is 1010. The summed E-state index contributed by atoms with van der Waals surface area (Å²) in [4.78, 5) is 25.0. The van der Waals surface area contributed by atoms with Crippen molar-refractivity contribution >= 4 is 40.5 Å². The first-order valence-corrected chi connectivity index (χ1v) is 9.29. The van der Waals surface area contributed by atoms with Crippen LogP contribution in [0.25, 0.3) is 10.4 Å². The van der Waals surface area contributed by atoms with E-state index < -0.39 is 5.97 Å². The molecule has 1 atom stereocenters. The predicted molar refractivity (Wildman–Crippen MR) is 103 cm³/mol. The van der Waals surface area contributed by atoms with E-state index in [-0.39, 0.29) is 17.4 Å². The van der Waals surface area contributed by atoms with Crippen LogP contribution in [-0.4, -0.2) is 17.0 Å². The fourth-order valence-electron chi connectivity index (χ4n) is 3.19. The lowest BCUT2D eigenvalue weighted by Crippen LogP contribution is -2.30. The van der Waals surface area contributed by atoms with E-state index in [0.717, 1.165) is 11.1 Å². The van der Waals surface area contributed by atoms with Gasteiger partial charge in [0.1, 0.15) is 5.56 Å². The molecule has 1 heterocycles. The van der Waals surface area contributed by atoms with Gasteiger partial charge in [0, 0.05) is 10.4 Å². The van der Waals surface area contributed by atoms with Crippen molar-refractivity contribution in [2.45, 2.75) is 12.3 Å². The highest BCUT2D eigenvalue weighted by Crippen LogP contribution is 2.39. The molecule has 1 amide bonds. The molecule has 26 heavy (non-hydrogen) atoms. The SMILES string of the molecule is O=C(O)c1c(NC(=O)C2Cc3ccccc32)csc1-c1ccc(Cl)cc1. The zero-order chi connectivity index (χ0) is 18.3. The molecule has 0 saturated carbocycles. The van der Waals surface area contributed by atoms with Gasteiger partial charge in [-0.3, -0.25) is 4.79 Å². The predicted octanol–water partition coefficient (Wildman–Crippen LogP) is 5.05. The Balaban J connectivity index is 1.62. The number of amides is 1. The van der Waals surface area contributed by atoms with E-state index in [1.807, 2.05) is 24.3 Å². The number of carboxylic acids is 1. The van der Waals surface area contributed by atoms with Crippen molar-refractivity contribution in [1.82, 2.24) is 0 Å². The molecular formula is C20H14ClNO3S. The van der Waals surface area contributed by atoms with Crippen LogP contribution in [0.3, 0.4) is 0 Å². The minimum atomic E-state index is -1.07. The van der Waals surface area contributed by atoms with Gasteiger partial charge >= 0.3 is 5.97 Å². The van der Waals surface area contributed by atoms with Crippen molar-refractivity contribution in [3.63, 3.8) is 0 Å². The van der Waals surface area contributed by atoms with Crippen LogP contribution >= 0.6 is 22.9 Å². The van der Waals surface area contributed by atoms with Crippen LogP contribution in [0.5, 0.6) is 0 Å². The highest BCUT2D eigenvalue weighted by Gasteiger charge is 2.32. The van der Waals surface area contributed by atoms with Crippen molar-refractivity contribution in [2.75, 3.05) is 5.32 Å². The number of aromatic carboxylic acids is 1. The first kappa shape index (κ1) is 16.8. The zero-order valence-electron chi connectivity index (χ0n) is 13.5. The molecule has 0 saturated heterocycles. The number of fused-ring (bicyclic) bond motifs is 1. The number of hydrogen-bond acceptors (Lipinski definition) is 3. The maximum atomic E-state index is 12.6. The average Bonchev–Trinajstić information content (AvgIpc) is 3.00. The summed E-state index contributed by atoms with van der Waals surface area (Å²) >= 11 is 7.19. The quantitative estimate of drug-likeness (QED) is 0.662. The molecule has 1 aliphatic carbocycles. The molecule has 0 spiro atoms. The summed E-state index contributed by atoms with van der Waals surface area (Å²) in [5.74, 6) is -1.47. The first-order valence-electron chi connectivity index (χ1n) is 8.04. The Kier molecular flexibility index (Phi) is 4.26. The van der Waals surface area contributed by atoms with E-state index >= 15 is 0 Å². The maximum absolute atomic E-state index is 12.6. The minimum absolute atomic E-state index is 0.110. The van der Waals surface area contributed by atoms with Crippen LogP contribution in [0, 0.1) is 0 Å². The summed E-state index contributed by atoms with van der Waals surface area (Å²) in [5.41, 5.74) is 3.37. The van der Waals surface area contributed by atoms with Gasteiger partial charge in [-0.15, -0.1) is 11.3 Å². The Hall–Kier alpha value is -2.63. The van der Waals surface area contributed by atoms with Gasteiger partial charge in [0.05, 0.1) is 16.5 Å². The Morgan fingerprint density at radius 1 is 1.12 bits per heavy atom. The van der Waals surface area contributed by atoms with E-state index in [2.05, 4.69) is 5.32 Å². The Morgan fingerprint density at radius 2 is 1.85 bits per heavy atom. The Labute approximate surface area is 159 Å². The van der Waals surface area contributed by atoms with Crippen molar-refractivity contribution in [3.05, 3.63) is 75.6 Å². The molecule has 1 aliphatic rings. The molecule has 0 bridgehead atoms. The molecule has 6 heteroatoms. The summed E-state index contributed by atoms with van der Waals surface area (Å²) < 4.78 is 0. The van der Waals surface area contributed by atoms with Crippen LogP contribution in [0.2, 0.25) is 5.02 Å². The summed E-state index contributed by atoms with van der Waals surface area (Å²) in [6.07, 6.45) is 0.679. The molecule has 2 N–H and O–H groups in total. The molecule has 3 aromatic rings. The van der Waals surface area contributed by atoms with Crippen LogP contribution < -0.4 is 5.32 Å².